The van der Waals surface area contributed by atoms with Crippen LogP contribution in [0.5, 0.6) is 0 Å². The number of halogens is 1. The molecule has 4 heteroatoms. The molecule has 2 N–H and O–H groups in total. The van der Waals surface area contributed by atoms with E-state index in [1.165, 1.54) is 5.69 Å². The number of aryl methyl sites for hydroxylation is 2. The maximum Gasteiger partial charge on any atom is 0.0492 e. The van der Waals surface area contributed by atoms with Crippen molar-refractivity contribution >= 4 is 11.6 Å². The van der Waals surface area contributed by atoms with Crippen LogP contribution in [-0.4, -0.2) is 16.3 Å². The van der Waals surface area contributed by atoms with E-state index in [0.717, 1.165) is 23.4 Å². The van der Waals surface area contributed by atoms with Crippen LogP contribution in [0.3, 0.4) is 0 Å². The molecule has 1 heterocycles. The van der Waals surface area contributed by atoms with Gasteiger partial charge in [-0.25, -0.2) is 0 Å². The summed E-state index contributed by atoms with van der Waals surface area (Å²) in [4.78, 5) is 0. The third-order valence-electron chi connectivity index (χ3n) is 3.30. The Hall–Kier alpha value is -1.32. The van der Waals surface area contributed by atoms with Crippen LogP contribution in [0.25, 0.3) is 0 Å². The molecule has 96 valence electrons. The standard InChI is InChI=1S/C14H18ClN3/c1-18-12(8-9-17-18)7-6-11(10-16)13-4-2-3-5-14(13)15/h2-5,8-9,11H,6-7,10,16H2,1H3. The van der Waals surface area contributed by atoms with Gasteiger partial charge in [-0.2, -0.15) is 5.10 Å². The molecule has 0 saturated carbocycles. The maximum absolute atomic E-state index is 6.22. The molecule has 2 rings (SSSR count). The van der Waals surface area contributed by atoms with E-state index in [0.29, 0.717) is 12.5 Å². The third kappa shape index (κ3) is 2.92. The van der Waals surface area contributed by atoms with E-state index in [4.69, 9.17) is 17.3 Å². The average molecular weight is 264 g/mol. The van der Waals surface area contributed by atoms with Gasteiger partial charge in [-0.05, 0) is 43.0 Å². The average Bonchev–Trinajstić information content (AvgIpc) is 2.78. The van der Waals surface area contributed by atoms with Crippen molar-refractivity contribution in [1.29, 1.82) is 0 Å². The van der Waals surface area contributed by atoms with E-state index in [-0.39, 0.29) is 0 Å². The molecule has 0 radical (unpaired) electrons. The highest BCUT2D eigenvalue weighted by atomic mass is 35.5. The van der Waals surface area contributed by atoms with Crippen molar-refractivity contribution in [1.82, 2.24) is 9.78 Å². The molecule has 0 aliphatic heterocycles. The van der Waals surface area contributed by atoms with Crippen LogP contribution in [0.1, 0.15) is 23.6 Å². The zero-order valence-corrected chi connectivity index (χ0v) is 11.3. The lowest BCUT2D eigenvalue weighted by atomic mass is 9.93. The molecule has 3 nitrogen and oxygen atoms in total. The van der Waals surface area contributed by atoms with Crippen LogP contribution in [-0.2, 0) is 13.5 Å². The Balaban J connectivity index is 2.07. The van der Waals surface area contributed by atoms with E-state index in [9.17, 15) is 0 Å². The molecule has 0 aliphatic carbocycles. The normalized spacial score (nSPS) is 12.6. The first kappa shape index (κ1) is 13.1. The van der Waals surface area contributed by atoms with Gasteiger partial charge in [0.2, 0.25) is 0 Å². The van der Waals surface area contributed by atoms with Crippen molar-refractivity contribution < 1.29 is 0 Å². The molecule has 2 aromatic rings. The number of aromatic nitrogens is 2. The van der Waals surface area contributed by atoms with Gasteiger partial charge in [-0.1, -0.05) is 29.8 Å². The summed E-state index contributed by atoms with van der Waals surface area (Å²) < 4.78 is 1.90. The minimum atomic E-state index is 0.300. The monoisotopic (exact) mass is 263 g/mol. The van der Waals surface area contributed by atoms with E-state index >= 15 is 0 Å². The first-order valence-corrected chi connectivity index (χ1v) is 6.51. The van der Waals surface area contributed by atoms with Gasteiger partial charge in [-0.15, -0.1) is 0 Å². The third-order valence-corrected chi connectivity index (χ3v) is 3.65. The number of nitrogens with zero attached hydrogens (tertiary/aromatic N) is 2. The molecular formula is C14H18ClN3. The Morgan fingerprint density at radius 2 is 2.11 bits per heavy atom. The largest absolute Gasteiger partial charge is 0.330 e. The van der Waals surface area contributed by atoms with Gasteiger partial charge in [0.25, 0.3) is 0 Å². The predicted octanol–water partition coefficient (Wildman–Crippen LogP) is 2.75. The minimum Gasteiger partial charge on any atom is -0.330 e. The first-order chi connectivity index (χ1) is 8.72. The van der Waals surface area contributed by atoms with Crippen molar-refractivity contribution in [3.8, 4) is 0 Å². The lowest BCUT2D eigenvalue weighted by Crippen LogP contribution is -2.14. The highest BCUT2D eigenvalue weighted by molar-refractivity contribution is 6.31. The van der Waals surface area contributed by atoms with Gasteiger partial charge in [0, 0.05) is 24.0 Å². The van der Waals surface area contributed by atoms with Gasteiger partial charge >= 0.3 is 0 Å². The SMILES string of the molecule is Cn1nccc1CCC(CN)c1ccccc1Cl. The Bertz CT molecular complexity index is 507. The highest BCUT2D eigenvalue weighted by Crippen LogP contribution is 2.27. The summed E-state index contributed by atoms with van der Waals surface area (Å²) in [5.74, 6) is 0.300. The van der Waals surface area contributed by atoms with Gasteiger partial charge in [0.15, 0.2) is 0 Å². The van der Waals surface area contributed by atoms with Gasteiger partial charge in [0.1, 0.15) is 0 Å². The van der Waals surface area contributed by atoms with Gasteiger partial charge < -0.3 is 5.73 Å². The van der Waals surface area contributed by atoms with E-state index < -0.39 is 0 Å². The Kier molecular flexibility index (Phi) is 4.39. The number of nitrogens with two attached hydrogens (primary N) is 1. The fraction of sp³-hybridized carbons (Fsp3) is 0.357. The molecule has 1 aromatic heterocycles. The van der Waals surface area contributed by atoms with Crippen molar-refractivity contribution in [3.63, 3.8) is 0 Å². The van der Waals surface area contributed by atoms with Crippen LogP contribution in [0, 0.1) is 0 Å². The second-order valence-corrected chi connectivity index (χ2v) is 4.85. The molecule has 1 aromatic carbocycles. The van der Waals surface area contributed by atoms with E-state index in [1.54, 1.807) is 0 Å². The summed E-state index contributed by atoms with van der Waals surface area (Å²) in [5, 5.41) is 4.97. The topological polar surface area (TPSA) is 43.8 Å². The summed E-state index contributed by atoms with van der Waals surface area (Å²) >= 11 is 6.22. The van der Waals surface area contributed by atoms with Crippen LogP contribution in [0.4, 0.5) is 0 Å². The zero-order chi connectivity index (χ0) is 13.0. The molecule has 1 atom stereocenters. The molecule has 0 aliphatic rings. The lowest BCUT2D eigenvalue weighted by molar-refractivity contribution is 0.603. The smallest absolute Gasteiger partial charge is 0.0492 e. The predicted molar refractivity (Wildman–Crippen MR) is 74.8 cm³/mol. The molecule has 0 bridgehead atoms. The number of rotatable bonds is 5. The highest BCUT2D eigenvalue weighted by Gasteiger charge is 2.13. The van der Waals surface area contributed by atoms with Crippen LogP contribution in [0.15, 0.2) is 36.5 Å². The summed E-state index contributed by atoms with van der Waals surface area (Å²) in [5.41, 5.74) is 8.24. The molecule has 0 spiro atoms. The van der Waals surface area contributed by atoms with Crippen LogP contribution < -0.4 is 5.73 Å². The lowest BCUT2D eigenvalue weighted by Gasteiger charge is -2.16. The van der Waals surface area contributed by atoms with Crippen molar-refractivity contribution in [2.75, 3.05) is 6.54 Å². The van der Waals surface area contributed by atoms with Gasteiger partial charge in [0.05, 0.1) is 0 Å². The number of hydrogen-bond acceptors (Lipinski definition) is 2. The molecule has 0 saturated heterocycles. The van der Waals surface area contributed by atoms with E-state index in [2.05, 4.69) is 11.2 Å². The van der Waals surface area contributed by atoms with Crippen LogP contribution >= 0.6 is 11.6 Å². The van der Waals surface area contributed by atoms with E-state index in [1.807, 2.05) is 42.2 Å². The second-order valence-electron chi connectivity index (χ2n) is 4.44. The summed E-state index contributed by atoms with van der Waals surface area (Å²) in [7, 11) is 1.96. The first-order valence-electron chi connectivity index (χ1n) is 6.13. The molecule has 0 amide bonds. The fourth-order valence-corrected chi connectivity index (χ4v) is 2.47. The quantitative estimate of drug-likeness (QED) is 0.902. The fourth-order valence-electron chi connectivity index (χ4n) is 2.18. The molecular weight excluding hydrogens is 246 g/mol. The van der Waals surface area contributed by atoms with Crippen LogP contribution in [0.2, 0.25) is 5.02 Å². The molecule has 18 heavy (non-hydrogen) atoms. The number of benzene rings is 1. The summed E-state index contributed by atoms with van der Waals surface area (Å²) in [6.45, 7) is 0.613. The Labute approximate surface area is 113 Å². The van der Waals surface area contributed by atoms with Gasteiger partial charge in [-0.3, -0.25) is 4.68 Å². The minimum absolute atomic E-state index is 0.300. The number of hydrogen-bond donors (Lipinski definition) is 1. The second kappa shape index (κ2) is 6.03. The Morgan fingerprint density at radius 3 is 2.72 bits per heavy atom. The van der Waals surface area contributed by atoms with Crippen molar-refractivity contribution in [3.05, 3.63) is 52.8 Å². The summed E-state index contributed by atoms with van der Waals surface area (Å²) in [6.07, 6.45) is 3.77. The maximum atomic E-state index is 6.22. The Morgan fingerprint density at radius 1 is 1.33 bits per heavy atom. The van der Waals surface area contributed by atoms with Crippen molar-refractivity contribution in [2.45, 2.75) is 18.8 Å². The molecule has 1 unspecified atom stereocenters. The molecule has 0 fully saturated rings. The van der Waals surface area contributed by atoms with Crippen molar-refractivity contribution in [2.24, 2.45) is 12.8 Å². The zero-order valence-electron chi connectivity index (χ0n) is 10.5. The summed E-state index contributed by atoms with van der Waals surface area (Å²) in [6, 6.07) is 9.97.